The second-order valence-corrected chi connectivity index (χ2v) is 9.48. The average Bonchev–Trinajstić information content (AvgIpc) is 3.24. The summed E-state index contributed by atoms with van der Waals surface area (Å²) in [6.07, 6.45) is 4.41. The molecule has 0 radical (unpaired) electrons. The molecule has 3 heterocycles. The Morgan fingerprint density at radius 2 is 2.11 bits per heavy atom. The first-order valence-electron chi connectivity index (χ1n) is 8.58. The number of aromatic nitrogens is 3. The number of carbonyl (C=O) groups excluding carboxylic acids is 1. The molecule has 3 rings (SSSR count). The fourth-order valence-corrected chi connectivity index (χ4v) is 4.76. The summed E-state index contributed by atoms with van der Waals surface area (Å²) in [5.41, 5.74) is 0.578. The van der Waals surface area contributed by atoms with Crippen molar-refractivity contribution in [2.75, 3.05) is 7.05 Å². The molecule has 9 heteroatoms. The molecule has 0 atom stereocenters. The van der Waals surface area contributed by atoms with Gasteiger partial charge in [-0.25, -0.2) is 14.8 Å². The van der Waals surface area contributed by atoms with Gasteiger partial charge in [0.1, 0.15) is 5.60 Å². The summed E-state index contributed by atoms with van der Waals surface area (Å²) >= 11 is 2.90. The number of aromatic amines is 1. The smallest absolute Gasteiger partial charge is 0.410 e. The number of nitrogens with one attached hydrogen (secondary N) is 1. The van der Waals surface area contributed by atoms with Gasteiger partial charge in [-0.1, -0.05) is 0 Å². The van der Waals surface area contributed by atoms with E-state index in [9.17, 15) is 9.18 Å². The van der Waals surface area contributed by atoms with Crippen molar-refractivity contribution in [2.24, 2.45) is 0 Å². The summed E-state index contributed by atoms with van der Waals surface area (Å²) in [7, 11) is 1.68. The molecule has 1 amide bonds. The number of rotatable bonds is 5. The minimum absolute atomic E-state index is 0.354. The number of hydrogen-bond donors (Lipinski definition) is 1. The monoisotopic (exact) mass is 420 g/mol. The van der Waals surface area contributed by atoms with E-state index in [1.165, 1.54) is 34.2 Å². The summed E-state index contributed by atoms with van der Waals surface area (Å²) in [4.78, 5) is 25.7. The van der Waals surface area contributed by atoms with Gasteiger partial charge in [-0.05, 0) is 50.7 Å². The normalized spacial score (nSPS) is 11.5. The van der Waals surface area contributed by atoms with Crippen molar-refractivity contribution in [3.63, 3.8) is 0 Å². The minimum Gasteiger partial charge on any atom is -0.444 e. The molecule has 3 aromatic rings. The highest BCUT2D eigenvalue weighted by Gasteiger charge is 2.22. The largest absolute Gasteiger partial charge is 0.444 e. The number of nitrogens with zero attached hydrogens (tertiary/aromatic N) is 3. The molecule has 1 N–H and O–H groups in total. The van der Waals surface area contributed by atoms with E-state index >= 15 is 0 Å². The third kappa shape index (κ3) is 5.11. The Bertz CT molecular complexity index is 951. The zero-order chi connectivity index (χ0) is 20.3. The van der Waals surface area contributed by atoms with Gasteiger partial charge >= 0.3 is 6.09 Å². The van der Waals surface area contributed by atoms with Crippen LogP contribution in [0.1, 0.15) is 25.6 Å². The molecule has 0 aliphatic carbocycles. The van der Waals surface area contributed by atoms with E-state index in [4.69, 9.17) is 4.74 Å². The zero-order valence-corrected chi connectivity index (χ0v) is 17.7. The van der Waals surface area contributed by atoms with E-state index in [1.54, 1.807) is 31.6 Å². The van der Waals surface area contributed by atoms with Crippen LogP contribution < -0.4 is 0 Å². The van der Waals surface area contributed by atoms with Crippen molar-refractivity contribution in [3.8, 4) is 11.1 Å². The van der Waals surface area contributed by atoms with Gasteiger partial charge in [0.05, 0.1) is 10.8 Å². The topological polar surface area (TPSA) is 71.1 Å². The number of pyridine rings is 1. The molecule has 0 aliphatic heterocycles. The first-order chi connectivity index (χ1) is 13.2. The number of amides is 1. The van der Waals surface area contributed by atoms with Crippen LogP contribution in [-0.2, 0) is 11.3 Å². The molecule has 0 spiro atoms. The summed E-state index contributed by atoms with van der Waals surface area (Å²) in [6, 6.07) is 5.28. The van der Waals surface area contributed by atoms with E-state index in [2.05, 4.69) is 15.0 Å². The summed E-state index contributed by atoms with van der Waals surface area (Å²) < 4.78 is 20.6. The number of hydrogen-bond acceptors (Lipinski definition) is 6. The van der Waals surface area contributed by atoms with Gasteiger partial charge in [0.25, 0.3) is 0 Å². The van der Waals surface area contributed by atoms with Crippen LogP contribution in [0.2, 0.25) is 0 Å². The molecule has 148 valence electrons. The molecule has 0 aliphatic rings. The van der Waals surface area contributed by atoms with Crippen LogP contribution in [0.5, 0.6) is 0 Å². The SMILES string of the molecule is CN(Cc1cc(-c2cccnc2F)c(Sc2ncc[nH]2)s1)C(=O)OC(C)(C)C. The molecular weight excluding hydrogens is 399 g/mol. The summed E-state index contributed by atoms with van der Waals surface area (Å²) in [5, 5.41) is 0.708. The highest BCUT2D eigenvalue weighted by molar-refractivity contribution is 8.01. The van der Waals surface area contributed by atoms with Crippen LogP contribution in [0, 0.1) is 5.95 Å². The van der Waals surface area contributed by atoms with Crippen molar-refractivity contribution in [1.29, 1.82) is 0 Å². The first kappa shape index (κ1) is 20.3. The predicted molar refractivity (Wildman–Crippen MR) is 108 cm³/mol. The molecule has 0 bridgehead atoms. The van der Waals surface area contributed by atoms with Crippen LogP contribution in [0.4, 0.5) is 9.18 Å². The lowest BCUT2D eigenvalue weighted by Crippen LogP contribution is -2.33. The average molecular weight is 421 g/mol. The van der Waals surface area contributed by atoms with Gasteiger partial charge in [-0.15, -0.1) is 11.3 Å². The minimum atomic E-state index is -0.564. The summed E-state index contributed by atoms with van der Waals surface area (Å²) in [6.45, 7) is 5.83. The van der Waals surface area contributed by atoms with Gasteiger partial charge < -0.3 is 14.6 Å². The molecule has 0 fully saturated rings. The maximum atomic E-state index is 14.3. The number of H-pyrrole nitrogens is 1. The van der Waals surface area contributed by atoms with Crippen molar-refractivity contribution in [2.45, 2.75) is 42.3 Å². The van der Waals surface area contributed by atoms with Crippen LogP contribution in [0.25, 0.3) is 11.1 Å². The molecule has 0 unspecified atom stereocenters. The Labute approximate surface area is 171 Å². The number of ether oxygens (including phenoxy) is 1. The Hall–Kier alpha value is -2.39. The van der Waals surface area contributed by atoms with E-state index < -0.39 is 17.6 Å². The number of halogens is 1. The van der Waals surface area contributed by atoms with Crippen molar-refractivity contribution in [3.05, 3.63) is 47.6 Å². The number of carbonyl (C=O) groups is 1. The lowest BCUT2D eigenvalue weighted by molar-refractivity contribution is 0.0287. The Balaban J connectivity index is 1.88. The van der Waals surface area contributed by atoms with E-state index in [-0.39, 0.29) is 0 Å². The van der Waals surface area contributed by atoms with E-state index in [0.29, 0.717) is 17.3 Å². The number of imidazole rings is 1. The quantitative estimate of drug-likeness (QED) is 0.575. The third-order valence-corrected chi connectivity index (χ3v) is 5.80. The Morgan fingerprint density at radius 1 is 1.32 bits per heavy atom. The van der Waals surface area contributed by atoms with Gasteiger partial charge in [0, 0.05) is 41.6 Å². The maximum absolute atomic E-state index is 14.3. The highest BCUT2D eigenvalue weighted by atomic mass is 32.2. The lowest BCUT2D eigenvalue weighted by Gasteiger charge is -2.24. The van der Waals surface area contributed by atoms with Gasteiger partial charge in [-0.2, -0.15) is 4.39 Å². The fraction of sp³-hybridized carbons (Fsp3) is 0.316. The number of thiophene rings is 1. The van der Waals surface area contributed by atoms with Crippen molar-refractivity contribution < 1.29 is 13.9 Å². The summed E-state index contributed by atoms with van der Waals surface area (Å²) in [5.74, 6) is -0.534. The van der Waals surface area contributed by atoms with Crippen LogP contribution in [0.3, 0.4) is 0 Å². The third-order valence-electron chi connectivity index (χ3n) is 3.56. The zero-order valence-electron chi connectivity index (χ0n) is 16.0. The lowest BCUT2D eigenvalue weighted by atomic mass is 10.1. The molecule has 0 saturated heterocycles. The maximum Gasteiger partial charge on any atom is 0.410 e. The van der Waals surface area contributed by atoms with E-state index in [1.807, 2.05) is 26.8 Å². The van der Waals surface area contributed by atoms with Crippen molar-refractivity contribution >= 4 is 29.2 Å². The van der Waals surface area contributed by atoms with Gasteiger partial charge in [-0.3, -0.25) is 0 Å². The molecule has 0 saturated carbocycles. The second-order valence-electron chi connectivity index (χ2n) is 7.09. The Kier molecular flexibility index (Phi) is 6.04. The second kappa shape index (κ2) is 8.32. The molecule has 3 aromatic heterocycles. The van der Waals surface area contributed by atoms with Crippen LogP contribution in [-0.4, -0.2) is 38.6 Å². The van der Waals surface area contributed by atoms with Crippen LogP contribution >= 0.6 is 23.1 Å². The van der Waals surface area contributed by atoms with Gasteiger partial charge in [0.15, 0.2) is 5.16 Å². The Morgan fingerprint density at radius 3 is 2.75 bits per heavy atom. The van der Waals surface area contributed by atoms with Crippen LogP contribution in [0.15, 0.2) is 46.2 Å². The predicted octanol–water partition coefficient (Wildman–Crippen LogP) is 5.19. The molecule has 0 aromatic carbocycles. The van der Waals surface area contributed by atoms with E-state index in [0.717, 1.165) is 14.6 Å². The standard InChI is InChI=1S/C19H21FN4O2S2/c1-19(2,3)26-18(25)24(4)11-12-10-14(13-6-5-7-21-15(13)20)16(27-12)28-17-22-8-9-23-17/h5-10H,11H2,1-4H3,(H,22,23). The molecule has 28 heavy (non-hydrogen) atoms. The van der Waals surface area contributed by atoms with Gasteiger partial charge in [0.2, 0.25) is 5.95 Å². The fourth-order valence-electron chi connectivity index (χ4n) is 2.38. The molecule has 6 nitrogen and oxygen atoms in total. The molecular formula is C19H21FN4O2S2. The highest BCUT2D eigenvalue weighted by Crippen LogP contribution is 2.42. The first-order valence-corrected chi connectivity index (χ1v) is 10.2. The van der Waals surface area contributed by atoms with Crippen molar-refractivity contribution in [1.82, 2.24) is 19.9 Å².